The average molecular weight is 269 g/mol. The van der Waals surface area contributed by atoms with E-state index in [2.05, 4.69) is 59.9 Å². The second-order valence-electron chi connectivity index (χ2n) is 5.81. The maximum absolute atomic E-state index is 4.63. The van der Waals surface area contributed by atoms with Crippen LogP contribution in [0.25, 0.3) is 0 Å². The molecule has 0 spiro atoms. The third-order valence-electron chi connectivity index (χ3n) is 4.28. The molecule has 1 N–H and O–H groups in total. The van der Waals surface area contributed by atoms with Crippen LogP contribution >= 0.6 is 0 Å². The lowest BCUT2D eigenvalue weighted by atomic mass is 10.00. The lowest BCUT2D eigenvalue weighted by molar-refractivity contribution is 0.401. The van der Waals surface area contributed by atoms with Crippen molar-refractivity contribution in [2.45, 2.75) is 46.2 Å². The lowest BCUT2D eigenvalue weighted by Crippen LogP contribution is -2.34. The van der Waals surface area contributed by atoms with E-state index in [1.165, 1.54) is 22.5 Å². The summed E-state index contributed by atoms with van der Waals surface area (Å²) in [5.74, 6) is 1.15. The Balaban J connectivity index is 1.75. The highest BCUT2D eigenvalue weighted by Crippen LogP contribution is 2.26. The van der Waals surface area contributed by atoms with Crippen molar-refractivity contribution >= 4 is 0 Å². The number of benzene rings is 1. The fourth-order valence-electron chi connectivity index (χ4n) is 3.20. The molecule has 20 heavy (non-hydrogen) atoms. The highest BCUT2D eigenvalue weighted by molar-refractivity contribution is 5.24. The summed E-state index contributed by atoms with van der Waals surface area (Å²) in [5, 5.41) is 3.65. The SMILES string of the molecule is Cc1ccc(CCC2NCCn3c(C)nc(C)c32)cc1. The topological polar surface area (TPSA) is 29.9 Å². The van der Waals surface area contributed by atoms with Gasteiger partial charge in [-0.25, -0.2) is 4.98 Å². The number of aryl methyl sites for hydroxylation is 4. The Kier molecular flexibility index (Phi) is 3.62. The molecule has 2 heterocycles. The molecule has 0 amide bonds. The van der Waals surface area contributed by atoms with Gasteiger partial charge in [-0.2, -0.15) is 0 Å². The molecule has 3 nitrogen and oxygen atoms in total. The largest absolute Gasteiger partial charge is 0.329 e. The maximum atomic E-state index is 4.63. The molecule has 3 rings (SSSR count). The van der Waals surface area contributed by atoms with Crippen molar-refractivity contribution < 1.29 is 0 Å². The molecule has 0 aliphatic carbocycles. The van der Waals surface area contributed by atoms with Gasteiger partial charge in [-0.1, -0.05) is 29.8 Å². The van der Waals surface area contributed by atoms with Crippen molar-refractivity contribution in [1.82, 2.24) is 14.9 Å². The molecule has 3 heteroatoms. The zero-order valence-electron chi connectivity index (χ0n) is 12.6. The van der Waals surface area contributed by atoms with Crippen molar-refractivity contribution in [1.29, 1.82) is 0 Å². The number of nitrogens with zero attached hydrogens (tertiary/aromatic N) is 2. The highest BCUT2D eigenvalue weighted by Gasteiger charge is 2.24. The van der Waals surface area contributed by atoms with Crippen LogP contribution in [-0.4, -0.2) is 16.1 Å². The van der Waals surface area contributed by atoms with E-state index >= 15 is 0 Å². The van der Waals surface area contributed by atoms with Crippen LogP contribution in [0.4, 0.5) is 0 Å². The summed E-state index contributed by atoms with van der Waals surface area (Å²) in [7, 11) is 0. The predicted molar refractivity (Wildman–Crippen MR) is 81.9 cm³/mol. The van der Waals surface area contributed by atoms with Gasteiger partial charge in [0.15, 0.2) is 0 Å². The standard InChI is InChI=1S/C17H23N3/c1-12-4-6-15(7-5-12)8-9-16-17-13(2)19-14(3)20(17)11-10-18-16/h4-7,16,18H,8-11H2,1-3H3. The summed E-state index contributed by atoms with van der Waals surface area (Å²) in [4.78, 5) is 4.63. The third-order valence-corrected chi connectivity index (χ3v) is 4.28. The molecular formula is C17H23N3. The molecule has 1 aliphatic heterocycles. The summed E-state index contributed by atoms with van der Waals surface area (Å²) in [6, 6.07) is 9.32. The van der Waals surface area contributed by atoms with Crippen LogP contribution in [0.2, 0.25) is 0 Å². The molecule has 1 atom stereocenters. The van der Waals surface area contributed by atoms with Gasteiger partial charge in [0.2, 0.25) is 0 Å². The summed E-state index contributed by atoms with van der Waals surface area (Å²) >= 11 is 0. The predicted octanol–water partition coefficient (Wildman–Crippen LogP) is 3.09. The maximum Gasteiger partial charge on any atom is 0.106 e. The van der Waals surface area contributed by atoms with E-state index in [0.29, 0.717) is 6.04 Å². The van der Waals surface area contributed by atoms with Gasteiger partial charge in [0.05, 0.1) is 11.4 Å². The van der Waals surface area contributed by atoms with Crippen LogP contribution < -0.4 is 5.32 Å². The number of imidazole rings is 1. The number of nitrogens with one attached hydrogen (secondary N) is 1. The minimum Gasteiger partial charge on any atom is -0.329 e. The Morgan fingerprint density at radius 3 is 2.70 bits per heavy atom. The molecule has 1 aliphatic rings. The Hall–Kier alpha value is -1.61. The first-order chi connectivity index (χ1) is 9.65. The minimum atomic E-state index is 0.436. The van der Waals surface area contributed by atoms with E-state index in [1.54, 1.807) is 0 Å². The van der Waals surface area contributed by atoms with Crippen LogP contribution in [0.15, 0.2) is 24.3 Å². The van der Waals surface area contributed by atoms with E-state index in [-0.39, 0.29) is 0 Å². The number of fused-ring (bicyclic) bond motifs is 1. The highest BCUT2D eigenvalue weighted by atomic mass is 15.2. The smallest absolute Gasteiger partial charge is 0.106 e. The van der Waals surface area contributed by atoms with E-state index in [9.17, 15) is 0 Å². The molecule has 0 bridgehead atoms. The summed E-state index contributed by atoms with van der Waals surface area (Å²) in [6.07, 6.45) is 2.25. The zero-order chi connectivity index (χ0) is 14.1. The monoisotopic (exact) mass is 269 g/mol. The number of hydrogen-bond acceptors (Lipinski definition) is 2. The zero-order valence-corrected chi connectivity index (χ0v) is 12.6. The number of aromatic nitrogens is 2. The molecule has 1 aromatic carbocycles. The van der Waals surface area contributed by atoms with Gasteiger partial charge in [0.1, 0.15) is 5.82 Å². The second-order valence-corrected chi connectivity index (χ2v) is 5.81. The first-order valence-corrected chi connectivity index (χ1v) is 7.47. The van der Waals surface area contributed by atoms with Gasteiger partial charge < -0.3 is 9.88 Å². The molecular weight excluding hydrogens is 246 g/mol. The average Bonchev–Trinajstić information content (AvgIpc) is 2.74. The van der Waals surface area contributed by atoms with E-state index in [1.807, 2.05) is 0 Å². The van der Waals surface area contributed by atoms with Gasteiger partial charge in [-0.05, 0) is 39.2 Å². The third kappa shape index (κ3) is 2.50. The van der Waals surface area contributed by atoms with Crippen LogP contribution in [0.5, 0.6) is 0 Å². The van der Waals surface area contributed by atoms with E-state index in [4.69, 9.17) is 0 Å². The fourth-order valence-corrected chi connectivity index (χ4v) is 3.20. The van der Waals surface area contributed by atoms with Crippen molar-refractivity contribution in [3.8, 4) is 0 Å². The summed E-state index contributed by atoms with van der Waals surface area (Å²) in [5.41, 5.74) is 5.32. The molecule has 1 unspecified atom stereocenters. The molecule has 106 valence electrons. The van der Waals surface area contributed by atoms with E-state index in [0.717, 1.165) is 31.8 Å². The molecule has 0 saturated carbocycles. The Morgan fingerprint density at radius 2 is 1.95 bits per heavy atom. The number of rotatable bonds is 3. The lowest BCUT2D eigenvalue weighted by Gasteiger charge is -2.27. The number of hydrogen-bond donors (Lipinski definition) is 1. The van der Waals surface area contributed by atoms with Crippen molar-refractivity contribution in [2.75, 3.05) is 6.54 Å². The van der Waals surface area contributed by atoms with Crippen LogP contribution in [0, 0.1) is 20.8 Å². The molecule has 0 fully saturated rings. The van der Waals surface area contributed by atoms with Gasteiger partial charge >= 0.3 is 0 Å². The van der Waals surface area contributed by atoms with Crippen LogP contribution in [0.1, 0.15) is 40.8 Å². The summed E-state index contributed by atoms with van der Waals surface area (Å²) < 4.78 is 2.38. The van der Waals surface area contributed by atoms with Gasteiger partial charge in [-0.15, -0.1) is 0 Å². The van der Waals surface area contributed by atoms with Gasteiger partial charge in [0, 0.05) is 19.1 Å². The first kappa shape index (κ1) is 13.4. The summed E-state index contributed by atoms with van der Waals surface area (Å²) in [6.45, 7) is 8.46. The second kappa shape index (κ2) is 5.41. The van der Waals surface area contributed by atoms with E-state index < -0.39 is 0 Å². The van der Waals surface area contributed by atoms with Crippen LogP contribution in [0.3, 0.4) is 0 Å². The first-order valence-electron chi connectivity index (χ1n) is 7.47. The van der Waals surface area contributed by atoms with Crippen LogP contribution in [-0.2, 0) is 13.0 Å². The molecule has 1 aromatic heterocycles. The molecule has 0 radical (unpaired) electrons. The van der Waals surface area contributed by atoms with Crippen molar-refractivity contribution in [3.63, 3.8) is 0 Å². The quantitative estimate of drug-likeness (QED) is 0.928. The Labute approximate surface area is 121 Å². The van der Waals surface area contributed by atoms with Crippen molar-refractivity contribution in [3.05, 3.63) is 52.6 Å². The molecule has 2 aromatic rings. The normalized spacial score (nSPS) is 18.1. The van der Waals surface area contributed by atoms with Gasteiger partial charge in [0.25, 0.3) is 0 Å². The Bertz CT molecular complexity index is 595. The van der Waals surface area contributed by atoms with Crippen molar-refractivity contribution in [2.24, 2.45) is 0 Å². The fraction of sp³-hybridized carbons (Fsp3) is 0.471. The minimum absolute atomic E-state index is 0.436. The Morgan fingerprint density at radius 1 is 1.20 bits per heavy atom. The molecule has 0 saturated heterocycles. The van der Waals surface area contributed by atoms with Gasteiger partial charge in [-0.3, -0.25) is 0 Å².